The van der Waals surface area contributed by atoms with Crippen molar-refractivity contribution in [2.75, 3.05) is 14.2 Å². The number of nitriles is 2. The van der Waals surface area contributed by atoms with Gasteiger partial charge in [-0.2, -0.15) is 10.5 Å². The Balaban J connectivity index is 2.24. The minimum atomic E-state index is -0.0454. The molecule has 124 valence electrons. The third-order valence-electron chi connectivity index (χ3n) is 4.38. The molecule has 0 saturated heterocycles. The van der Waals surface area contributed by atoms with Crippen LogP contribution in [0.1, 0.15) is 29.7 Å². The van der Waals surface area contributed by atoms with Gasteiger partial charge in [-0.25, -0.2) is 0 Å². The van der Waals surface area contributed by atoms with Crippen LogP contribution in [-0.2, 0) is 0 Å². The molecule has 1 heterocycles. The van der Waals surface area contributed by atoms with Gasteiger partial charge in [0, 0.05) is 6.20 Å². The number of nitrogens with zero attached hydrogens (tertiary/aromatic N) is 3. The standard InChI is InChI=1S/C20H17N3O2/c1-13(15-6-4-5-14(9-15)10-21)23-12-16(11-22)19-17(23)7-8-18(24-2)20(19)25-3/h4-9,12-13H,1-3H3. The van der Waals surface area contributed by atoms with Crippen molar-refractivity contribution in [2.45, 2.75) is 13.0 Å². The van der Waals surface area contributed by atoms with Crippen molar-refractivity contribution in [3.05, 3.63) is 59.3 Å². The molecule has 0 radical (unpaired) electrons. The van der Waals surface area contributed by atoms with Crippen LogP contribution in [0.3, 0.4) is 0 Å². The van der Waals surface area contributed by atoms with Gasteiger partial charge in [0.1, 0.15) is 6.07 Å². The molecule has 0 amide bonds. The minimum Gasteiger partial charge on any atom is -0.493 e. The molecule has 5 nitrogen and oxygen atoms in total. The van der Waals surface area contributed by atoms with Gasteiger partial charge in [-0.1, -0.05) is 12.1 Å². The lowest BCUT2D eigenvalue weighted by Crippen LogP contribution is -2.05. The van der Waals surface area contributed by atoms with Crippen molar-refractivity contribution in [1.82, 2.24) is 4.57 Å². The molecule has 2 aromatic carbocycles. The Bertz CT molecular complexity index is 1020. The summed E-state index contributed by atoms with van der Waals surface area (Å²) in [5, 5.41) is 19.4. The van der Waals surface area contributed by atoms with Gasteiger partial charge in [-0.05, 0) is 36.8 Å². The molecule has 0 bridgehead atoms. The summed E-state index contributed by atoms with van der Waals surface area (Å²) in [7, 11) is 3.14. The van der Waals surface area contributed by atoms with E-state index in [2.05, 4.69) is 12.1 Å². The lowest BCUT2D eigenvalue weighted by atomic mass is 10.1. The highest BCUT2D eigenvalue weighted by Crippen LogP contribution is 2.39. The Labute approximate surface area is 146 Å². The van der Waals surface area contributed by atoms with Crippen molar-refractivity contribution >= 4 is 10.9 Å². The van der Waals surface area contributed by atoms with Gasteiger partial charge >= 0.3 is 0 Å². The van der Waals surface area contributed by atoms with Gasteiger partial charge < -0.3 is 14.0 Å². The molecule has 0 saturated carbocycles. The number of fused-ring (bicyclic) bond motifs is 1. The summed E-state index contributed by atoms with van der Waals surface area (Å²) in [6.45, 7) is 2.04. The van der Waals surface area contributed by atoms with Crippen LogP contribution in [0, 0.1) is 22.7 Å². The van der Waals surface area contributed by atoms with Crippen LogP contribution in [0.15, 0.2) is 42.6 Å². The smallest absolute Gasteiger partial charge is 0.171 e. The van der Waals surface area contributed by atoms with Gasteiger partial charge in [0.15, 0.2) is 11.5 Å². The molecule has 0 spiro atoms. The fraction of sp³-hybridized carbons (Fsp3) is 0.200. The molecule has 0 N–H and O–H groups in total. The number of rotatable bonds is 4. The fourth-order valence-electron chi connectivity index (χ4n) is 3.10. The van der Waals surface area contributed by atoms with Crippen molar-refractivity contribution < 1.29 is 9.47 Å². The number of aromatic nitrogens is 1. The zero-order valence-electron chi connectivity index (χ0n) is 14.3. The van der Waals surface area contributed by atoms with E-state index in [1.165, 1.54) is 0 Å². The maximum atomic E-state index is 9.56. The fourth-order valence-corrected chi connectivity index (χ4v) is 3.10. The second-order valence-electron chi connectivity index (χ2n) is 5.67. The maximum absolute atomic E-state index is 9.56. The van der Waals surface area contributed by atoms with Crippen molar-refractivity contribution in [1.29, 1.82) is 10.5 Å². The third kappa shape index (κ3) is 2.66. The zero-order chi connectivity index (χ0) is 18.0. The topological polar surface area (TPSA) is 71.0 Å². The summed E-state index contributed by atoms with van der Waals surface area (Å²) >= 11 is 0. The van der Waals surface area contributed by atoms with Gasteiger partial charge in [0.2, 0.25) is 0 Å². The quantitative estimate of drug-likeness (QED) is 0.724. The maximum Gasteiger partial charge on any atom is 0.171 e. The normalized spacial score (nSPS) is 11.6. The van der Waals surface area contributed by atoms with E-state index < -0.39 is 0 Å². The van der Waals surface area contributed by atoms with Crippen LogP contribution in [0.4, 0.5) is 0 Å². The molecule has 3 rings (SSSR count). The van der Waals surface area contributed by atoms with Crippen molar-refractivity contribution in [3.63, 3.8) is 0 Å². The second-order valence-corrected chi connectivity index (χ2v) is 5.67. The third-order valence-corrected chi connectivity index (χ3v) is 4.38. The summed E-state index contributed by atoms with van der Waals surface area (Å²) in [4.78, 5) is 0. The first-order valence-corrected chi connectivity index (χ1v) is 7.80. The summed E-state index contributed by atoms with van der Waals surface area (Å²) in [5.74, 6) is 1.14. The Kier molecular flexibility index (Phi) is 4.33. The van der Waals surface area contributed by atoms with Crippen LogP contribution >= 0.6 is 0 Å². The molecule has 1 atom stereocenters. The Hall–Kier alpha value is -3.44. The van der Waals surface area contributed by atoms with Gasteiger partial charge in [0.05, 0.1) is 48.4 Å². The van der Waals surface area contributed by atoms with Crippen molar-refractivity contribution in [2.24, 2.45) is 0 Å². The summed E-state index contributed by atoms with van der Waals surface area (Å²) in [6, 6.07) is 15.6. The number of benzene rings is 2. The molecule has 0 fully saturated rings. The molecule has 1 unspecified atom stereocenters. The Morgan fingerprint density at radius 1 is 1.04 bits per heavy atom. The lowest BCUT2D eigenvalue weighted by molar-refractivity contribution is 0.358. The highest BCUT2D eigenvalue weighted by Gasteiger charge is 2.20. The van der Waals surface area contributed by atoms with E-state index in [1.54, 1.807) is 20.3 Å². The highest BCUT2D eigenvalue weighted by atomic mass is 16.5. The Morgan fingerprint density at radius 3 is 2.48 bits per heavy atom. The molecule has 25 heavy (non-hydrogen) atoms. The zero-order valence-corrected chi connectivity index (χ0v) is 14.3. The SMILES string of the molecule is COc1ccc2c(c(C#N)cn2C(C)c2cccc(C#N)c2)c1OC. The molecular formula is C20H17N3O2. The summed E-state index contributed by atoms with van der Waals surface area (Å²) in [5.41, 5.74) is 3.01. The van der Waals surface area contributed by atoms with Gasteiger partial charge in [-0.15, -0.1) is 0 Å². The predicted molar refractivity (Wildman–Crippen MR) is 94.7 cm³/mol. The summed E-state index contributed by atoms with van der Waals surface area (Å²) in [6.07, 6.45) is 1.82. The molecule has 0 aliphatic rings. The lowest BCUT2D eigenvalue weighted by Gasteiger charge is -2.17. The monoisotopic (exact) mass is 331 g/mol. The van der Waals surface area contributed by atoms with E-state index in [0.29, 0.717) is 22.6 Å². The van der Waals surface area contributed by atoms with E-state index in [-0.39, 0.29) is 6.04 Å². The molecule has 3 aromatic rings. The first kappa shape index (κ1) is 16.4. The van der Waals surface area contributed by atoms with Gasteiger partial charge in [0.25, 0.3) is 0 Å². The number of ether oxygens (including phenoxy) is 2. The predicted octanol–water partition coefficient (Wildman–Crippen LogP) is 4.01. The second kappa shape index (κ2) is 6.59. The van der Waals surface area contributed by atoms with E-state index in [9.17, 15) is 5.26 Å². The minimum absolute atomic E-state index is 0.0454. The van der Waals surface area contributed by atoms with E-state index in [4.69, 9.17) is 14.7 Å². The molecular weight excluding hydrogens is 314 g/mol. The first-order chi connectivity index (χ1) is 12.1. The average molecular weight is 331 g/mol. The largest absolute Gasteiger partial charge is 0.493 e. The van der Waals surface area contributed by atoms with Crippen LogP contribution in [-0.4, -0.2) is 18.8 Å². The first-order valence-electron chi connectivity index (χ1n) is 7.80. The molecule has 1 aromatic heterocycles. The molecule has 5 heteroatoms. The van der Waals surface area contributed by atoms with Crippen LogP contribution in [0.5, 0.6) is 11.5 Å². The van der Waals surface area contributed by atoms with Gasteiger partial charge in [-0.3, -0.25) is 0 Å². The summed E-state index contributed by atoms with van der Waals surface area (Å²) < 4.78 is 12.9. The number of methoxy groups -OCH3 is 2. The number of hydrogen-bond acceptors (Lipinski definition) is 4. The van der Waals surface area contributed by atoms with Crippen molar-refractivity contribution in [3.8, 4) is 23.6 Å². The van der Waals surface area contributed by atoms with E-state index >= 15 is 0 Å². The number of hydrogen-bond donors (Lipinski definition) is 0. The van der Waals surface area contributed by atoms with E-state index in [0.717, 1.165) is 16.5 Å². The van der Waals surface area contributed by atoms with Crippen LogP contribution in [0.25, 0.3) is 10.9 Å². The van der Waals surface area contributed by atoms with Crippen LogP contribution < -0.4 is 9.47 Å². The highest BCUT2D eigenvalue weighted by molar-refractivity contribution is 5.94. The molecule has 0 aliphatic heterocycles. The average Bonchev–Trinajstić information content (AvgIpc) is 3.05. The van der Waals surface area contributed by atoms with E-state index in [1.807, 2.05) is 48.0 Å². The van der Waals surface area contributed by atoms with Crippen LogP contribution in [0.2, 0.25) is 0 Å². The Morgan fingerprint density at radius 2 is 1.84 bits per heavy atom. The molecule has 0 aliphatic carbocycles.